The third kappa shape index (κ3) is 4.50. The number of hydrogen-bond acceptors (Lipinski definition) is 6. The molecule has 3 atom stereocenters. The Hall–Kier alpha value is -2.44. The van der Waals surface area contributed by atoms with Crippen molar-refractivity contribution in [3.05, 3.63) is 23.8 Å². The van der Waals surface area contributed by atoms with Gasteiger partial charge in [-0.05, 0) is 50.3 Å². The van der Waals surface area contributed by atoms with Crippen molar-refractivity contribution in [2.24, 2.45) is 5.41 Å². The number of amides is 1. The molecule has 1 saturated heterocycles. The SMILES string of the molecule is COC(=O)N1CC(c2ccc(OC)c(OC3CCCC3)c2)C(C)(C(C)OC(C)=O)C1. The second kappa shape index (κ2) is 9.14. The van der Waals surface area contributed by atoms with Gasteiger partial charge in [0.15, 0.2) is 11.5 Å². The largest absolute Gasteiger partial charge is 0.493 e. The van der Waals surface area contributed by atoms with Gasteiger partial charge in [0, 0.05) is 31.3 Å². The molecule has 2 aliphatic rings. The lowest BCUT2D eigenvalue weighted by molar-refractivity contribution is -0.151. The van der Waals surface area contributed by atoms with Gasteiger partial charge in [-0.25, -0.2) is 4.79 Å². The van der Waals surface area contributed by atoms with E-state index in [0.717, 1.165) is 24.2 Å². The molecule has 3 rings (SSSR count). The number of benzene rings is 1. The lowest BCUT2D eigenvalue weighted by Crippen LogP contribution is -2.40. The van der Waals surface area contributed by atoms with Crippen LogP contribution in [0.1, 0.15) is 57.9 Å². The fourth-order valence-corrected chi connectivity index (χ4v) is 4.75. The number of rotatable bonds is 6. The summed E-state index contributed by atoms with van der Waals surface area (Å²) in [5, 5.41) is 0. The molecular formula is C23H33NO6. The Bertz CT molecular complexity index is 775. The number of carbonyl (C=O) groups is 2. The molecule has 1 aliphatic carbocycles. The highest BCUT2D eigenvalue weighted by molar-refractivity contribution is 5.69. The molecule has 0 radical (unpaired) electrons. The Kier molecular flexibility index (Phi) is 6.78. The average molecular weight is 420 g/mol. The van der Waals surface area contributed by atoms with Crippen molar-refractivity contribution in [3.63, 3.8) is 0 Å². The molecule has 1 aliphatic heterocycles. The van der Waals surface area contributed by atoms with E-state index in [-0.39, 0.29) is 30.2 Å². The van der Waals surface area contributed by atoms with E-state index in [0.29, 0.717) is 18.8 Å². The lowest BCUT2D eigenvalue weighted by Gasteiger charge is -2.36. The molecule has 7 nitrogen and oxygen atoms in total. The van der Waals surface area contributed by atoms with Crippen LogP contribution in [0.15, 0.2) is 18.2 Å². The van der Waals surface area contributed by atoms with Crippen LogP contribution >= 0.6 is 0 Å². The topological polar surface area (TPSA) is 74.3 Å². The van der Waals surface area contributed by atoms with Gasteiger partial charge >= 0.3 is 12.1 Å². The second-order valence-electron chi connectivity index (χ2n) is 8.60. The summed E-state index contributed by atoms with van der Waals surface area (Å²) in [6.07, 6.45) is 3.91. The quantitative estimate of drug-likeness (QED) is 0.645. The number of esters is 1. The summed E-state index contributed by atoms with van der Waals surface area (Å²) in [7, 11) is 3.02. The molecule has 7 heteroatoms. The van der Waals surface area contributed by atoms with Gasteiger partial charge in [-0.15, -0.1) is 0 Å². The normalized spacial score (nSPS) is 25.1. The minimum Gasteiger partial charge on any atom is -0.493 e. The molecule has 3 unspecified atom stereocenters. The van der Waals surface area contributed by atoms with Crippen LogP contribution in [-0.4, -0.2) is 56.5 Å². The molecule has 1 heterocycles. The fourth-order valence-electron chi connectivity index (χ4n) is 4.75. The standard InChI is InChI=1S/C23H33NO6/c1-15(29-16(2)25)23(3)14-24(22(26)28-5)13-19(23)17-10-11-20(27-4)21(12-17)30-18-8-6-7-9-18/h10-12,15,18-19H,6-9,13-14H2,1-5H3. The van der Waals surface area contributed by atoms with E-state index in [1.807, 2.05) is 25.1 Å². The molecule has 1 saturated carbocycles. The maximum absolute atomic E-state index is 12.3. The number of nitrogens with zero attached hydrogens (tertiary/aromatic N) is 1. The van der Waals surface area contributed by atoms with Gasteiger partial charge in [0.2, 0.25) is 0 Å². The first-order chi connectivity index (χ1) is 14.3. The summed E-state index contributed by atoms with van der Waals surface area (Å²) in [6, 6.07) is 5.93. The molecule has 0 aromatic heterocycles. The van der Waals surface area contributed by atoms with Gasteiger partial charge in [0.1, 0.15) is 6.10 Å². The number of methoxy groups -OCH3 is 2. The van der Waals surface area contributed by atoms with Crippen LogP contribution in [0.3, 0.4) is 0 Å². The molecule has 30 heavy (non-hydrogen) atoms. The zero-order valence-corrected chi connectivity index (χ0v) is 18.6. The van der Waals surface area contributed by atoms with Crippen LogP contribution in [0.2, 0.25) is 0 Å². The van der Waals surface area contributed by atoms with Crippen LogP contribution in [0, 0.1) is 5.41 Å². The summed E-state index contributed by atoms with van der Waals surface area (Å²) in [4.78, 5) is 25.6. The second-order valence-corrected chi connectivity index (χ2v) is 8.60. The van der Waals surface area contributed by atoms with E-state index in [9.17, 15) is 9.59 Å². The first-order valence-electron chi connectivity index (χ1n) is 10.6. The third-order valence-electron chi connectivity index (χ3n) is 6.62. The molecule has 1 amide bonds. The van der Waals surface area contributed by atoms with Crippen LogP contribution in [0.25, 0.3) is 0 Å². The first-order valence-corrected chi connectivity index (χ1v) is 10.6. The smallest absolute Gasteiger partial charge is 0.409 e. The van der Waals surface area contributed by atoms with E-state index < -0.39 is 5.41 Å². The lowest BCUT2D eigenvalue weighted by atomic mass is 9.72. The highest BCUT2D eigenvalue weighted by atomic mass is 16.5. The summed E-state index contributed by atoms with van der Waals surface area (Å²) in [5.74, 6) is 1.03. The van der Waals surface area contributed by atoms with Crippen molar-refractivity contribution in [2.75, 3.05) is 27.3 Å². The monoisotopic (exact) mass is 419 g/mol. The van der Waals surface area contributed by atoms with Crippen LogP contribution < -0.4 is 9.47 Å². The molecular weight excluding hydrogens is 386 g/mol. The van der Waals surface area contributed by atoms with E-state index in [1.165, 1.54) is 26.9 Å². The number of ether oxygens (including phenoxy) is 4. The molecule has 0 bridgehead atoms. The van der Waals surface area contributed by atoms with Gasteiger partial charge in [-0.3, -0.25) is 4.79 Å². The zero-order chi connectivity index (χ0) is 21.9. The number of likely N-dealkylation sites (tertiary alicyclic amines) is 1. The highest BCUT2D eigenvalue weighted by Crippen LogP contribution is 2.48. The number of carbonyl (C=O) groups excluding carboxylic acids is 2. The predicted octanol–water partition coefficient (Wildman–Crippen LogP) is 4.14. The molecule has 1 aromatic carbocycles. The van der Waals surface area contributed by atoms with Crippen LogP contribution in [-0.2, 0) is 14.3 Å². The Morgan fingerprint density at radius 2 is 1.87 bits per heavy atom. The molecule has 0 N–H and O–H groups in total. The molecule has 166 valence electrons. The summed E-state index contributed by atoms with van der Waals surface area (Å²) in [5.41, 5.74) is 0.552. The van der Waals surface area contributed by atoms with Gasteiger partial charge in [-0.2, -0.15) is 0 Å². The maximum Gasteiger partial charge on any atom is 0.409 e. The Morgan fingerprint density at radius 1 is 1.17 bits per heavy atom. The van der Waals surface area contributed by atoms with Crippen molar-refractivity contribution >= 4 is 12.1 Å². The minimum atomic E-state index is -0.473. The van der Waals surface area contributed by atoms with Gasteiger partial charge in [0.05, 0.1) is 20.3 Å². The number of hydrogen-bond donors (Lipinski definition) is 0. The minimum absolute atomic E-state index is 0.0530. The van der Waals surface area contributed by atoms with E-state index in [4.69, 9.17) is 18.9 Å². The van der Waals surface area contributed by atoms with Crippen LogP contribution in [0.4, 0.5) is 4.79 Å². The summed E-state index contributed by atoms with van der Waals surface area (Å²) in [6.45, 7) is 6.25. The van der Waals surface area contributed by atoms with E-state index in [2.05, 4.69) is 6.92 Å². The summed E-state index contributed by atoms with van der Waals surface area (Å²) < 4.78 is 22.3. The third-order valence-corrected chi connectivity index (χ3v) is 6.62. The van der Waals surface area contributed by atoms with E-state index >= 15 is 0 Å². The van der Waals surface area contributed by atoms with Crippen molar-refractivity contribution in [2.45, 2.75) is 64.6 Å². The fraction of sp³-hybridized carbons (Fsp3) is 0.652. The Morgan fingerprint density at radius 3 is 2.47 bits per heavy atom. The van der Waals surface area contributed by atoms with Crippen LogP contribution in [0.5, 0.6) is 11.5 Å². The molecule has 1 aromatic rings. The predicted molar refractivity (Wildman–Crippen MR) is 112 cm³/mol. The van der Waals surface area contributed by atoms with Crippen molar-refractivity contribution in [1.82, 2.24) is 4.90 Å². The van der Waals surface area contributed by atoms with Crippen molar-refractivity contribution in [1.29, 1.82) is 0 Å². The zero-order valence-electron chi connectivity index (χ0n) is 18.6. The highest BCUT2D eigenvalue weighted by Gasteiger charge is 2.50. The average Bonchev–Trinajstić information content (AvgIpc) is 3.35. The van der Waals surface area contributed by atoms with Gasteiger partial charge in [0.25, 0.3) is 0 Å². The first kappa shape index (κ1) is 22.2. The molecule has 2 fully saturated rings. The van der Waals surface area contributed by atoms with Gasteiger partial charge < -0.3 is 23.8 Å². The van der Waals surface area contributed by atoms with Crippen molar-refractivity contribution < 1.29 is 28.5 Å². The maximum atomic E-state index is 12.3. The summed E-state index contributed by atoms with van der Waals surface area (Å²) >= 11 is 0. The Labute approximate surface area is 178 Å². The molecule has 0 spiro atoms. The Balaban J connectivity index is 1.94. The van der Waals surface area contributed by atoms with Gasteiger partial charge in [-0.1, -0.05) is 13.0 Å². The van der Waals surface area contributed by atoms with E-state index in [1.54, 1.807) is 12.0 Å². The van der Waals surface area contributed by atoms with Crippen molar-refractivity contribution in [3.8, 4) is 11.5 Å².